The van der Waals surface area contributed by atoms with E-state index in [0.717, 1.165) is 11.3 Å². The number of aryl methyl sites for hydroxylation is 1. The normalized spacial score (nSPS) is 12.6. The van der Waals surface area contributed by atoms with E-state index in [1.54, 1.807) is 6.07 Å². The van der Waals surface area contributed by atoms with Crippen molar-refractivity contribution < 1.29 is 9.13 Å². The van der Waals surface area contributed by atoms with Gasteiger partial charge in [0.05, 0.1) is 6.61 Å². The highest BCUT2D eigenvalue weighted by Crippen LogP contribution is 2.18. The SMILES string of the molecule is Cc1cc(F)ccc1OCC(C)CN. The molecular formula is C11H16FNO. The third kappa shape index (κ3) is 3.00. The third-order valence-electron chi connectivity index (χ3n) is 2.06. The van der Waals surface area contributed by atoms with Gasteiger partial charge in [-0.2, -0.15) is 0 Å². The Bertz CT molecular complexity index is 301. The van der Waals surface area contributed by atoms with E-state index in [-0.39, 0.29) is 5.82 Å². The van der Waals surface area contributed by atoms with Crippen molar-refractivity contribution in [3.05, 3.63) is 29.6 Å². The van der Waals surface area contributed by atoms with Crippen LogP contribution in [-0.2, 0) is 0 Å². The zero-order valence-electron chi connectivity index (χ0n) is 8.59. The van der Waals surface area contributed by atoms with Gasteiger partial charge in [0.2, 0.25) is 0 Å². The van der Waals surface area contributed by atoms with Gasteiger partial charge in [0.25, 0.3) is 0 Å². The molecule has 1 aromatic rings. The fourth-order valence-electron chi connectivity index (χ4n) is 1.07. The molecule has 0 aromatic heterocycles. The lowest BCUT2D eigenvalue weighted by Gasteiger charge is -2.12. The molecule has 0 saturated carbocycles. The molecule has 0 amide bonds. The Morgan fingerprint density at radius 3 is 2.79 bits per heavy atom. The summed E-state index contributed by atoms with van der Waals surface area (Å²) in [5, 5.41) is 0. The Morgan fingerprint density at radius 1 is 1.50 bits per heavy atom. The highest BCUT2D eigenvalue weighted by atomic mass is 19.1. The van der Waals surface area contributed by atoms with Crippen LogP contribution in [-0.4, -0.2) is 13.2 Å². The van der Waals surface area contributed by atoms with Crippen LogP contribution in [0.4, 0.5) is 4.39 Å². The largest absolute Gasteiger partial charge is 0.493 e. The van der Waals surface area contributed by atoms with Gasteiger partial charge in [-0.15, -0.1) is 0 Å². The standard InChI is InChI=1S/C11H16FNO/c1-8(6-13)7-14-11-4-3-10(12)5-9(11)2/h3-5,8H,6-7,13H2,1-2H3. The van der Waals surface area contributed by atoms with Crippen molar-refractivity contribution >= 4 is 0 Å². The van der Waals surface area contributed by atoms with E-state index in [2.05, 4.69) is 0 Å². The summed E-state index contributed by atoms with van der Waals surface area (Å²) >= 11 is 0. The number of hydrogen-bond acceptors (Lipinski definition) is 2. The molecule has 0 heterocycles. The molecule has 0 saturated heterocycles. The number of halogens is 1. The molecule has 14 heavy (non-hydrogen) atoms. The Kier molecular flexibility index (Phi) is 3.89. The van der Waals surface area contributed by atoms with Gasteiger partial charge in [0, 0.05) is 5.92 Å². The van der Waals surface area contributed by atoms with Gasteiger partial charge in [-0.05, 0) is 37.2 Å². The summed E-state index contributed by atoms with van der Waals surface area (Å²) in [7, 11) is 0. The highest BCUT2D eigenvalue weighted by molar-refractivity contribution is 5.32. The minimum absolute atomic E-state index is 0.235. The average molecular weight is 197 g/mol. The molecular weight excluding hydrogens is 181 g/mol. The minimum atomic E-state index is -0.235. The van der Waals surface area contributed by atoms with Crippen molar-refractivity contribution in [3.63, 3.8) is 0 Å². The molecule has 0 aliphatic heterocycles. The van der Waals surface area contributed by atoms with E-state index in [4.69, 9.17) is 10.5 Å². The molecule has 0 bridgehead atoms. The van der Waals surface area contributed by atoms with Crippen molar-refractivity contribution in [1.29, 1.82) is 0 Å². The first kappa shape index (κ1) is 11.0. The molecule has 0 radical (unpaired) electrons. The van der Waals surface area contributed by atoms with Crippen LogP contribution in [0.2, 0.25) is 0 Å². The maximum absolute atomic E-state index is 12.7. The number of rotatable bonds is 4. The van der Waals surface area contributed by atoms with Crippen LogP contribution >= 0.6 is 0 Å². The Hall–Kier alpha value is -1.09. The second-order valence-electron chi connectivity index (χ2n) is 3.56. The summed E-state index contributed by atoms with van der Waals surface area (Å²) in [6.45, 7) is 5.01. The summed E-state index contributed by atoms with van der Waals surface area (Å²) in [5.74, 6) is 0.813. The predicted octanol–water partition coefficient (Wildman–Crippen LogP) is 2.11. The van der Waals surface area contributed by atoms with E-state index in [0.29, 0.717) is 19.1 Å². The van der Waals surface area contributed by atoms with Crippen LogP contribution in [0, 0.1) is 18.7 Å². The first-order chi connectivity index (χ1) is 6.63. The molecule has 1 rings (SSSR count). The van der Waals surface area contributed by atoms with Crippen LogP contribution in [0.3, 0.4) is 0 Å². The maximum Gasteiger partial charge on any atom is 0.123 e. The summed E-state index contributed by atoms with van der Waals surface area (Å²) in [4.78, 5) is 0. The van der Waals surface area contributed by atoms with Gasteiger partial charge in [-0.3, -0.25) is 0 Å². The molecule has 1 unspecified atom stereocenters. The van der Waals surface area contributed by atoms with Crippen LogP contribution in [0.1, 0.15) is 12.5 Å². The smallest absolute Gasteiger partial charge is 0.123 e. The van der Waals surface area contributed by atoms with E-state index >= 15 is 0 Å². The van der Waals surface area contributed by atoms with Crippen molar-refractivity contribution in [3.8, 4) is 5.75 Å². The van der Waals surface area contributed by atoms with Crippen LogP contribution in [0.15, 0.2) is 18.2 Å². The summed E-state index contributed by atoms with van der Waals surface area (Å²) in [5.41, 5.74) is 6.27. The van der Waals surface area contributed by atoms with E-state index < -0.39 is 0 Å². The Labute approximate surface area is 83.9 Å². The first-order valence-electron chi connectivity index (χ1n) is 4.72. The third-order valence-corrected chi connectivity index (χ3v) is 2.06. The van der Waals surface area contributed by atoms with Crippen LogP contribution < -0.4 is 10.5 Å². The molecule has 0 fully saturated rings. The van der Waals surface area contributed by atoms with Crippen LogP contribution in [0.5, 0.6) is 5.75 Å². The average Bonchev–Trinajstić information content (AvgIpc) is 2.16. The second-order valence-corrected chi connectivity index (χ2v) is 3.56. The zero-order valence-corrected chi connectivity index (χ0v) is 8.59. The van der Waals surface area contributed by atoms with E-state index in [9.17, 15) is 4.39 Å². The molecule has 0 aliphatic carbocycles. The lowest BCUT2D eigenvalue weighted by Crippen LogP contribution is -2.18. The van der Waals surface area contributed by atoms with Crippen molar-refractivity contribution in [2.75, 3.05) is 13.2 Å². The summed E-state index contributed by atoms with van der Waals surface area (Å²) in [6, 6.07) is 4.51. The van der Waals surface area contributed by atoms with Gasteiger partial charge in [0.1, 0.15) is 11.6 Å². The highest BCUT2D eigenvalue weighted by Gasteiger charge is 2.03. The molecule has 2 nitrogen and oxygen atoms in total. The topological polar surface area (TPSA) is 35.2 Å². The fraction of sp³-hybridized carbons (Fsp3) is 0.455. The van der Waals surface area contributed by atoms with Gasteiger partial charge in [-0.1, -0.05) is 6.92 Å². The monoisotopic (exact) mass is 197 g/mol. The van der Waals surface area contributed by atoms with Gasteiger partial charge in [-0.25, -0.2) is 4.39 Å². The van der Waals surface area contributed by atoms with Gasteiger partial charge in [0.15, 0.2) is 0 Å². The molecule has 0 spiro atoms. The predicted molar refractivity (Wildman–Crippen MR) is 54.9 cm³/mol. The molecule has 78 valence electrons. The summed E-state index contributed by atoms with van der Waals surface area (Å²) in [6.07, 6.45) is 0. The molecule has 0 aliphatic rings. The molecule has 3 heteroatoms. The van der Waals surface area contributed by atoms with Crippen LogP contribution in [0.25, 0.3) is 0 Å². The van der Waals surface area contributed by atoms with Gasteiger partial charge >= 0.3 is 0 Å². The van der Waals surface area contributed by atoms with E-state index in [1.165, 1.54) is 12.1 Å². The van der Waals surface area contributed by atoms with Crippen molar-refractivity contribution in [1.82, 2.24) is 0 Å². The number of benzene rings is 1. The van der Waals surface area contributed by atoms with Crippen molar-refractivity contribution in [2.24, 2.45) is 11.7 Å². The molecule has 1 aromatic carbocycles. The Morgan fingerprint density at radius 2 is 2.21 bits per heavy atom. The minimum Gasteiger partial charge on any atom is -0.493 e. The number of nitrogens with two attached hydrogens (primary N) is 1. The number of hydrogen-bond donors (Lipinski definition) is 1. The van der Waals surface area contributed by atoms with Gasteiger partial charge < -0.3 is 10.5 Å². The van der Waals surface area contributed by atoms with E-state index in [1.807, 2.05) is 13.8 Å². The van der Waals surface area contributed by atoms with Crippen molar-refractivity contribution in [2.45, 2.75) is 13.8 Å². The quantitative estimate of drug-likeness (QED) is 0.802. The second kappa shape index (κ2) is 4.96. The molecule has 2 N–H and O–H groups in total. The zero-order chi connectivity index (χ0) is 10.6. The first-order valence-corrected chi connectivity index (χ1v) is 4.72. The number of ether oxygens (including phenoxy) is 1. The Balaban J connectivity index is 2.59. The lowest BCUT2D eigenvalue weighted by atomic mass is 10.2. The fourth-order valence-corrected chi connectivity index (χ4v) is 1.07. The lowest BCUT2D eigenvalue weighted by molar-refractivity contribution is 0.262. The summed E-state index contributed by atoms with van der Waals surface area (Å²) < 4.78 is 18.2. The maximum atomic E-state index is 12.7. The molecule has 1 atom stereocenters.